The number of hydrogen-bond donors (Lipinski definition) is 0. The highest BCUT2D eigenvalue weighted by molar-refractivity contribution is 5.65. The zero-order valence-electron chi connectivity index (χ0n) is 11.8. The van der Waals surface area contributed by atoms with E-state index in [2.05, 4.69) is 38.3 Å². The highest BCUT2D eigenvalue weighted by Gasteiger charge is 2.16. The van der Waals surface area contributed by atoms with Gasteiger partial charge in [-0.15, -0.1) is 10.2 Å². The highest BCUT2D eigenvalue weighted by Crippen LogP contribution is 2.25. The minimum absolute atomic E-state index is 0.664. The molecule has 0 spiro atoms. The Bertz CT molecular complexity index is 744. The first kappa shape index (κ1) is 12.3. The average molecular weight is 279 g/mol. The second-order valence-corrected chi connectivity index (χ2v) is 5.41. The van der Waals surface area contributed by atoms with E-state index in [1.165, 1.54) is 19.3 Å². The predicted octanol–water partition coefficient (Wildman–Crippen LogP) is 2.78. The second kappa shape index (κ2) is 5.16. The fourth-order valence-electron chi connectivity index (χ4n) is 2.92. The Morgan fingerprint density at radius 3 is 2.57 bits per heavy atom. The summed E-state index contributed by atoms with van der Waals surface area (Å²) < 4.78 is 1.98. The van der Waals surface area contributed by atoms with Gasteiger partial charge < -0.3 is 4.90 Å². The Hall–Kier alpha value is -2.43. The number of aromatic nitrogens is 4. The lowest BCUT2D eigenvalue weighted by Gasteiger charge is -2.29. The fourth-order valence-corrected chi connectivity index (χ4v) is 2.92. The van der Waals surface area contributed by atoms with Gasteiger partial charge in [0.25, 0.3) is 5.78 Å². The molecule has 0 radical (unpaired) electrons. The minimum atomic E-state index is 0.664. The molecular formula is C16H17N5. The van der Waals surface area contributed by atoms with Gasteiger partial charge in [0.05, 0.1) is 5.69 Å². The Balaban J connectivity index is 1.86. The lowest BCUT2D eigenvalue weighted by atomic mass is 10.1. The van der Waals surface area contributed by atoms with Crippen molar-refractivity contribution in [1.82, 2.24) is 19.6 Å². The molecule has 0 N–H and O–H groups in total. The van der Waals surface area contributed by atoms with Crippen molar-refractivity contribution < 1.29 is 0 Å². The van der Waals surface area contributed by atoms with E-state index >= 15 is 0 Å². The summed E-state index contributed by atoms with van der Waals surface area (Å²) in [7, 11) is 0. The second-order valence-electron chi connectivity index (χ2n) is 5.41. The van der Waals surface area contributed by atoms with Gasteiger partial charge in [0.15, 0.2) is 0 Å². The van der Waals surface area contributed by atoms with E-state index < -0.39 is 0 Å². The van der Waals surface area contributed by atoms with Crippen LogP contribution in [-0.4, -0.2) is 32.7 Å². The molecule has 0 aliphatic carbocycles. The van der Waals surface area contributed by atoms with Crippen molar-refractivity contribution in [1.29, 1.82) is 0 Å². The molecule has 106 valence electrons. The van der Waals surface area contributed by atoms with Crippen LogP contribution in [0.25, 0.3) is 17.0 Å². The van der Waals surface area contributed by atoms with E-state index in [0.717, 1.165) is 30.2 Å². The van der Waals surface area contributed by atoms with E-state index in [4.69, 9.17) is 0 Å². The van der Waals surface area contributed by atoms with Crippen molar-refractivity contribution in [2.24, 2.45) is 0 Å². The quantitative estimate of drug-likeness (QED) is 0.723. The maximum Gasteiger partial charge on any atom is 0.256 e. The molecule has 5 nitrogen and oxygen atoms in total. The first-order chi connectivity index (χ1) is 10.4. The molecule has 3 aromatic rings. The molecule has 1 fully saturated rings. The third kappa shape index (κ3) is 2.24. The van der Waals surface area contributed by atoms with Crippen LogP contribution in [0.15, 0.2) is 42.7 Å². The summed E-state index contributed by atoms with van der Waals surface area (Å²) in [5, 5.41) is 8.15. The van der Waals surface area contributed by atoms with E-state index in [-0.39, 0.29) is 0 Å². The van der Waals surface area contributed by atoms with Crippen LogP contribution in [0.2, 0.25) is 0 Å². The molecule has 0 atom stereocenters. The van der Waals surface area contributed by atoms with Crippen LogP contribution in [0, 0.1) is 0 Å². The number of rotatable bonds is 2. The lowest BCUT2D eigenvalue weighted by Crippen LogP contribution is -2.31. The summed E-state index contributed by atoms with van der Waals surface area (Å²) in [5.41, 5.74) is 2.07. The summed E-state index contributed by atoms with van der Waals surface area (Å²) >= 11 is 0. The fraction of sp³-hybridized carbons (Fsp3) is 0.312. The van der Waals surface area contributed by atoms with Gasteiger partial charge in [-0.25, -0.2) is 4.98 Å². The Morgan fingerprint density at radius 2 is 1.76 bits per heavy atom. The van der Waals surface area contributed by atoms with Crippen LogP contribution >= 0.6 is 0 Å². The van der Waals surface area contributed by atoms with Crippen LogP contribution in [0.4, 0.5) is 5.82 Å². The monoisotopic (exact) mass is 279 g/mol. The molecule has 3 heterocycles. The molecular weight excluding hydrogens is 262 g/mol. The SMILES string of the molecule is c1ccc(-c2cc(N3CCCCC3)n3cnnc3n2)cc1. The Kier molecular flexibility index (Phi) is 3.03. The first-order valence-corrected chi connectivity index (χ1v) is 7.43. The molecule has 0 saturated carbocycles. The zero-order chi connectivity index (χ0) is 14.1. The van der Waals surface area contributed by atoms with E-state index in [0.29, 0.717) is 5.78 Å². The van der Waals surface area contributed by atoms with E-state index in [1.54, 1.807) is 6.33 Å². The number of hydrogen-bond acceptors (Lipinski definition) is 4. The van der Waals surface area contributed by atoms with Gasteiger partial charge in [-0.2, -0.15) is 0 Å². The smallest absolute Gasteiger partial charge is 0.256 e. The maximum absolute atomic E-state index is 4.62. The van der Waals surface area contributed by atoms with Gasteiger partial charge in [-0.3, -0.25) is 4.40 Å². The van der Waals surface area contributed by atoms with Gasteiger partial charge in [0.2, 0.25) is 0 Å². The van der Waals surface area contributed by atoms with Gasteiger partial charge in [0, 0.05) is 24.7 Å². The number of nitrogens with zero attached hydrogens (tertiary/aromatic N) is 5. The largest absolute Gasteiger partial charge is 0.358 e. The normalized spacial score (nSPS) is 15.5. The maximum atomic E-state index is 4.62. The molecule has 2 aromatic heterocycles. The van der Waals surface area contributed by atoms with Gasteiger partial charge in [0.1, 0.15) is 12.1 Å². The van der Waals surface area contributed by atoms with Crippen molar-refractivity contribution in [3.8, 4) is 11.3 Å². The molecule has 0 bridgehead atoms. The summed E-state index contributed by atoms with van der Waals surface area (Å²) in [6.45, 7) is 2.18. The first-order valence-electron chi connectivity index (χ1n) is 7.43. The lowest BCUT2D eigenvalue weighted by molar-refractivity contribution is 0.571. The molecule has 0 unspecified atom stereocenters. The number of fused-ring (bicyclic) bond motifs is 1. The van der Waals surface area contributed by atoms with Crippen LogP contribution in [0.3, 0.4) is 0 Å². The highest BCUT2D eigenvalue weighted by atomic mass is 15.3. The summed E-state index contributed by atoms with van der Waals surface area (Å²) in [5.74, 6) is 1.81. The average Bonchev–Trinajstić information content (AvgIpc) is 3.04. The molecule has 4 rings (SSSR count). The molecule has 5 heteroatoms. The molecule has 21 heavy (non-hydrogen) atoms. The van der Waals surface area contributed by atoms with Gasteiger partial charge in [-0.1, -0.05) is 30.3 Å². The van der Waals surface area contributed by atoms with Crippen LogP contribution in [-0.2, 0) is 0 Å². The van der Waals surface area contributed by atoms with Crippen molar-refractivity contribution >= 4 is 11.6 Å². The van der Waals surface area contributed by atoms with Gasteiger partial charge >= 0.3 is 0 Å². The van der Waals surface area contributed by atoms with E-state index in [9.17, 15) is 0 Å². The number of benzene rings is 1. The third-order valence-corrected chi connectivity index (χ3v) is 4.01. The Labute approximate surface area is 123 Å². The van der Waals surface area contributed by atoms with Gasteiger partial charge in [-0.05, 0) is 19.3 Å². The molecule has 1 aliphatic rings. The zero-order valence-corrected chi connectivity index (χ0v) is 11.8. The van der Waals surface area contributed by atoms with E-state index in [1.807, 2.05) is 22.6 Å². The topological polar surface area (TPSA) is 46.3 Å². The van der Waals surface area contributed by atoms with Crippen molar-refractivity contribution in [3.05, 3.63) is 42.7 Å². The molecule has 1 aromatic carbocycles. The minimum Gasteiger partial charge on any atom is -0.358 e. The molecule has 0 amide bonds. The van der Waals surface area contributed by atoms with Crippen molar-refractivity contribution in [3.63, 3.8) is 0 Å². The van der Waals surface area contributed by atoms with Crippen molar-refractivity contribution in [2.75, 3.05) is 18.0 Å². The number of anilines is 1. The Morgan fingerprint density at radius 1 is 0.952 bits per heavy atom. The summed E-state index contributed by atoms with van der Waals surface area (Å²) in [6, 6.07) is 12.4. The molecule has 1 aliphatic heterocycles. The molecule has 1 saturated heterocycles. The third-order valence-electron chi connectivity index (χ3n) is 4.01. The summed E-state index contributed by atoms with van der Waals surface area (Å²) in [4.78, 5) is 7.03. The standard InChI is InChI=1S/C16H17N5/c1-3-7-13(8-4-1)14-11-15(20-9-5-2-6-10-20)21-12-17-19-16(21)18-14/h1,3-4,7-8,11-12H,2,5-6,9-10H2. The van der Waals surface area contributed by atoms with Crippen LogP contribution in [0.1, 0.15) is 19.3 Å². The number of piperidine rings is 1. The van der Waals surface area contributed by atoms with Crippen LogP contribution < -0.4 is 4.90 Å². The van der Waals surface area contributed by atoms with Crippen molar-refractivity contribution in [2.45, 2.75) is 19.3 Å². The summed E-state index contributed by atoms with van der Waals surface area (Å²) in [6.07, 6.45) is 5.55. The van der Waals surface area contributed by atoms with Crippen LogP contribution in [0.5, 0.6) is 0 Å². The predicted molar refractivity (Wildman–Crippen MR) is 82.3 cm³/mol.